The molecule has 3 unspecified atom stereocenters. The van der Waals surface area contributed by atoms with Crippen LogP contribution in [0.3, 0.4) is 0 Å². The number of ether oxygens (including phenoxy) is 4. The van der Waals surface area contributed by atoms with Crippen LogP contribution in [0.25, 0.3) is 0 Å². The van der Waals surface area contributed by atoms with E-state index in [1.807, 2.05) is 0 Å². The molecule has 6 atom stereocenters. The van der Waals surface area contributed by atoms with Gasteiger partial charge in [0.25, 0.3) is 0 Å². The lowest BCUT2D eigenvalue weighted by Gasteiger charge is -2.21. The molecule has 0 fully saturated rings. The second-order valence-electron chi connectivity index (χ2n) is 20.7. The van der Waals surface area contributed by atoms with Gasteiger partial charge in [0.2, 0.25) is 0 Å². The summed E-state index contributed by atoms with van der Waals surface area (Å²) < 4.78 is 67.2. The predicted molar refractivity (Wildman–Crippen MR) is 289 cm³/mol. The molecule has 0 rings (SSSR count). The van der Waals surface area contributed by atoms with Crippen LogP contribution >= 0.6 is 15.6 Å². The van der Waals surface area contributed by atoms with Gasteiger partial charge in [0.1, 0.15) is 19.3 Å². The summed E-state index contributed by atoms with van der Waals surface area (Å²) in [7, 11) is -9.85. The third-order valence-electron chi connectivity index (χ3n) is 12.8. The Bertz CT molecular complexity index is 1480. The van der Waals surface area contributed by atoms with E-state index in [0.29, 0.717) is 31.6 Å². The quantitative estimate of drug-likeness (QED) is 0.0222. The Morgan fingerprint density at radius 3 is 1.03 bits per heavy atom. The molecule has 0 saturated carbocycles. The molecule has 0 aromatic carbocycles. The molecule has 0 aliphatic heterocycles. The Kier molecular flexibility index (Phi) is 46.9. The molecular formula is C55H106O17P2. The monoisotopic (exact) mass is 1100 g/mol. The zero-order chi connectivity index (χ0) is 55.1. The average molecular weight is 1100 g/mol. The first-order valence-corrected chi connectivity index (χ1v) is 32.0. The first-order chi connectivity index (χ1) is 35.4. The van der Waals surface area contributed by atoms with Crippen molar-refractivity contribution in [3.05, 3.63) is 0 Å². The lowest BCUT2D eigenvalue weighted by Crippen LogP contribution is -2.30. The Hall–Kier alpha value is -1.94. The van der Waals surface area contributed by atoms with Gasteiger partial charge >= 0.3 is 39.5 Å². The van der Waals surface area contributed by atoms with Crippen LogP contribution in [0.2, 0.25) is 0 Å². The highest BCUT2D eigenvalue weighted by Gasteiger charge is 2.30. The Morgan fingerprint density at radius 1 is 0.392 bits per heavy atom. The molecule has 0 radical (unpaired) electrons. The van der Waals surface area contributed by atoms with Crippen LogP contribution in [0.4, 0.5) is 0 Å². The summed E-state index contributed by atoms with van der Waals surface area (Å²) in [5.41, 5.74) is 0. The number of rotatable bonds is 54. The normalized spacial score (nSPS) is 14.9. The standard InChI is InChI=1S/C55H106O17P2/c1-7-10-12-23-31-37-52(57)65-43-50(71-54(59)39-33-24-13-11-8-2)45-69-73(61,62)67-41-49(56)42-68-74(63,64)70-46-51(44-66-53(58)38-32-27-22-18-19-25-29-35-47(4)5)72-55(60)40-34-28-21-17-15-14-16-20-26-30-36-48(6)9-3/h47-51,56H,7-46H2,1-6H3,(H,61,62)(H,63,64)/t48?,49-,50+,51+/m0/s1. The summed E-state index contributed by atoms with van der Waals surface area (Å²) in [4.78, 5) is 71.3. The smallest absolute Gasteiger partial charge is 0.462 e. The van der Waals surface area contributed by atoms with Crippen molar-refractivity contribution in [2.24, 2.45) is 11.8 Å². The van der Waals surface area contributed by atoms with E-state index in [-0.39, 0.29) is 25.7 Å². The van der Waals surface area contributed by atoms with Gasteiger partial charge in [-0.25, -0.2) is 9.13 Å². The minimum Gasteiger partial charge on any atom is -0.462 e. The van der Waals surface area contributed by atoms with E-state index in [1.165, 1.54) is 64.2 Å². The number of esters is 4. The molecule has 19 heteroatoms. The lowest BCUT2D eigenvalue weighted by atomic mass is 9.99. The first-order valence-electron chi connectivity index (χ1n) is 29.0. The van der Waals surface area contributed by atoms with E-state index in [4.69, 9.17) is 37.0 Å². The molecule has 0 saturated heterocycles. The van der Waals surface area contributed by atoms with Crippen molar-refractivity contribution in [2.45, 2.75) is 278 Å². The van der Waals surface area contributed by atoms with Crippen molar-refractivity contribution in [3.8, 4) is 0 Å². The molecule has 0 aliphatic rings. The van der Waals surface area contributed by atoms with E-state index in [9.17, 15) is 43.2 Å². The van der Waals surface area contributed by atoms with E-state index < -0.39 is 97.5 Å². The largest absolute Gasteiger partial charge is 0.472 e. The number of phosphoric acid groups is 2. The molecule has 3 N–H and O–H groups in total. The molecule has 0 aromatic heterocycles. The van der Waals surface area contributed by atoms with Crippen molar-refractivity contribution in [1.29, 1.82) is 0 Å². The van der Waals surface area contributed by atoms with Crippen molar-refractivity contribution in [3.63, 3.8) is 0 Å². The second-order valence-corrected chi connectivity index (χ2v) is 23.6. The summed E-state index contributed by atoms with van der Waals surface area (Å²) in [5.74, 6) is -0.662. The summed E-state index contributed by atoms with van der Waals surface area (Å²) in [5, 5.41) is 10.4. The number of hydrogen-bond donors (Lipinski definition) is 3. The molecule has 0 bridgehead atoms. The van der Waals surface area contributed by atoms with Gasteiger partial charge in [0, 0.05) is 25.7 Å². The van der Waals surface area contributed by atoms with Gasteiger partial charge in [-0.2, -0.15) is 0 Å². The molecule has 0 aliphatic carbocycles. The molecule has 74 heavy (non-hydrogen) atoms. The topological polar surface area (TPSA) is 237 Å². The number of phosphoric ester groups is 2. The van der Waals surface area contributed by atoms with Gasteiger partial charge in [-0.1, -0.05) is 208 Å². The van der Waals surface area contributed by atoms with E-state index in [1.54, 1.807) is 0 Å². The van der Waals surface area contributed by atoms with Crippen LogP contribution in [-0.2, 0) is 65.4 Å². The van der Waals surface area contributed by atoms with Crippen LogP contribution in [0.15, 0.2) is 0 Å². The number of unbranched alkanes of at least 4 members (excludes halogenated alkanes) is 23. The van der Waals surface area contributed by atoms with Gasteiger partial charge in [0.15, 0.2) is 12.2 Å². The zero-order valence-corrected chi connectivity index (χ0v) is 48.9. The molecule has 0 amide bonds. The molecule has 17 nitrogen and oxygen atoms in total. The highest BCUT2D eigenvalue weighted by atomic mass is 31.2. The van der Waals surface area contributed by atoms with Gasteiger partial charge in [-0.05, 0) is 37.5 Å². The number of carbonyl (C=O) groups is 4. The predicted octanol–water partition coefficient (Wildman–Crippen LogP) is 14.1. The minimum atomic E-state index is -4.93. The van der Waals surface area contributed by atoms with Crippen LogP contribution < -0.4 is 0 Å². The SMILES string of the molecule is CCCCCCCC(=O)OC[C@H](COP(=O)(O)OC[C@H](O)COP(=O)(O)OC[C@@H](COC(=O)CCCCCCCCCC(C)C)OC(=O)CCCCCCCCCCCCC(C)CC)OC(=O)CCCCCCC. The Morgan fingerprint density at radius 2 is 0.689 bits per heavy atom. The van der Waals surface area contributed by atoms with Gasteiger partial charge in [0.05, 0.1) is 26.4 Å². The molecule has 438 valence electrons. The molecule has 0 aromatic rings. The molecule has 0 heterocycles. The van der Waals surface area contributed by atoms with E-state index >= 15 is 0 Å². The minimum absolute atomic E-state index is 0.0983. The van der Waals surface area contributed by atoms with Crippen LogP contribution in [0, 0.1) is 11.8 Å². The number of aliphatic hydroxyl groups excluding tert-OH is 1. The van der Waals surface area contributed by atoms with Crippen molar-refractivity contribution in [1.82, 2.24) is 0 Å². The van der Waals surface area contributed by atoms with Crippen molar-refractivity contribution >= 4 is 39.5 Å². The molecular weight excluding hydrogens is 995 g/mol. The van der Waals surface area contributed by atoms with Crippen LogP contribution in [-0.4, -0.2) is 96.7 Å². The van der Waals surface area contributed by atoms with Crippen LogP contribution in [0.5, 0.6) is 0 Å². The highest BCUT2D eigenvalue weighted by Crippen LogP contribution is 2.45. The zero-order valence-electron chi connectivity index (χ0n) is 47.1. The third-order valence-corrected chi connectivity index (χ3v) is 14.7. The van der Waals surface area contributed by atoms with E-state index in [2.05, 4.69) is 41.5 Å². The fourth-order valence-electron chi connectivity index (χ4n) is 7.91. The fourth-order valence-corrected chi connectivity index (χ4v) is 9.49. The summed E-state index contributed by atoms with van der Waals surface area (Å²) in [6.45, 7) is 9.20. The first kappa shape index (κ1) is 72.1. The third kappa shape index (κ3) is 48.4. The summed E-state index contributed by atoms with van der Waals surface area (Å²) in [6.07, 6.45) is 27.4. The maximum Gasteiger partial charge on any atom is 0.472 e. The average Bonchev–Trinajstić information content (AvgIpc) is 3.36. The lowest BCUT2D eigenvalue weighted by molar-refractivity contribution is -0.161. The second kappa shape index (κ2) is 48.2. The van der Waals surface area contributed by atoms with Crippen molar-refractivity contribution in [2.75, 3.05) is 39.6 Å². The Balaban J connectivity index is 5.15. The fraction of sp³-hybridized carbons (Fsp3) is 0.927. The number of hydrogen-bond acceptors (Lipinski definition) is 15. The summed E-state index contributed by atoms with van der Waals surface area (Å²) >= 11 is 0. The maximum absolute atomic E-state index is 12.9. The number of carbonyl (C=O) groups excluding carboxylic acids is 4. The summed E-state index contributed by atoms with van der Waals surface area (Å²) in [6, 6.07) is 0. The van der Waals surface area contributed by atoms with E-state index in [0.717, 1.165) is 109 Å². The van der Waals surface area contributed by atoms with Crippen molar-refractivity contribution < 1.29 is 80.2 Å². The van der Waals surface area contributed by atoms with Gasteiger partial charge in [-0.15, -0.1) is 0 Å². The Labute approximate surface area is 447 Å². The maximum atomic E-state index is 12.9. The van der Waals surface area contributed by atoms with Gasteiger partial charge in [-0.3, -0.25) is 37.3 Å². The highest BCUT2D eigenvalue weighted by molar-refractivity contribution is 7.47. The molecule has 0 spiro atoms. The van der Waals surface area contributed by atoms with Gasteiger partial charge < -0.3 is 33.8 Å². The van der Waals surface area contributed by atoms with Crippen LogP contribution in [0.1, 0.15) is 260 Å². The number of aliphatic hydroxyl groups is 1.